The Morgan fingerprint density at radius 2 is 1.71 bits per heavy atom. The molecule has 2 fully saturated rings. The van der Waals surface area contributed by atoms with Crippen LogP contribution in [0.3, 0.4) is 0 Å². The van der Waals surface area contributed by atoms with Crippen LogP contribution in [0.5, 0.6) is 5.75 Å². The van der Waals surface area contributed by atoms with Crippen molar-refractivity contribution in [3.63, 3.8) is 0 Å². The van der Waals surface area contributed by atoms with Crippen LogP contribution in [0, 0.1) is 5.92 Å². The van der Waals surface area contributed by atoms with E-state index in [0.29, 0.717) is 57.2 Å². The molecule has 3 heterocycles. The number of anilines is 1. The van der Waals surface area contributed by atoms with E-state index < -0.39 is 0 Å². The summed E-state index contributed by atoms with van der Waals surface area (Å²) in [6.07, 6.45) is 2.43. The zero-order valence-corrected chi connectivity index (χ0v) is 19.9. The quantitative estimate of drug-likeness (QED) is 0.595. The average molecular weight is 475 g/mol. The first-order valence-electron chi connectivity index (χ1n) is 12.2. The van der Waals surface area contributed by atoms with E-state index >= 15 is 0 Å². The first kappa shape index (κ1) is 23.0. The number of rotatable bonds is 6. The van der Waals surface area contributed by atoms with Gasteiger partial charge in [0.05, 0.1) is 24.6 Å². The van der Waals surface area contributed by atoms with Crippen LogP contribution in [0.1, 0.15) is 18.9 Å². The summed E-state index contributed by atoms with van der Waals surface area (Å²) in [5.41, 5.74) is 2.72. The number of benzene rings is 2. The number of aromatic nitrogens is 1. The number of carbonyl (C=O) groups excluding carboxylic acids is 3. The maximum Gasteiger partial charge on any atom is 0.228 e. The van der Waals surface area contributed by atoms with Crippen LogP contribution in [0.2, 0.25) is 0 Å². The van der Waals surface area contributed by atoms with Gasteiger partial charge in [-0.3, -0.25) is 14.4 Å². The van der Waals surface area contributed by atoms with E-state index in [1.165, 1.54) is 0 Å². The van der Waals surface area contributed by atoms with Crippen molar-refractivity contribution in [3.8, 4) is 5.75 Å². The summed E-state index contributed by atoms with van der Waals surface area (Å²) in [4.78, 5) is 47.4. The minimum atomic E-state index is -0.384. The molecule has 1 N–H and O–H groups in total. The number of nitrogens with one attached hydrogen (secondary N) is 1. The Morgan fingerprint density at radius 1 is 1.00 bits per heavy atom. The molecule has 0 aliphatic carbocycles. The van der Waals surface area contributed by atoms with Gasteiger partial charge in [-0.1, -0.05) is 30.3 Å². The van der Waals surface area contributed by atoms with Crippen LogP contribution in [-0.4, -0.2) is 71.8 Å². The third kappa shape index (κ3) is 4.60. The van der Waals surface area contributed by atoms with E-state index in [4.69, 9.17) is 4.74 Å². The van der Waals surface area contributed by atoms with Gasteiger partial charge in [0.25, 0.3) is 0 Å². The van der Waals surface area contributed by atoms with E-state index in [0.717, 1.165) is 16.5 Å². The number of piperazine rings is 1. The highest BCUT2D eigenvalue weighted by molar-refractivity contribution is 6.01. The highest BCUT2D eigenvalue weighted by Crippen LogP contribution is 2.33. The Hall–Kier alpha value is -3.81. The lowest BCUT2D eigenvalue weighted by Crippen LogP contribution is -2.52. The summed E-state index contributed by atoms with van der Waals surface area (Å²) in [5.74, 6) is 0.252. The molecule has 0 bridgehead atoms. The van der Waals surface area contributed by atoms with Crippen LogP contribution in [0.4, 0.5) is 5.69 Å². The molecular formula is C27H30N4O4. The van der Waals surface area contributed by atoms with Crippen molar-refractivity contribution in [3.05, 3.63) is 60.3 Å². The molecule has 5 rings (SSSR count). The minimum absolute atomic E-state index is 0.0153. The number of hydrogen-bond donors (Lipinski definition) is 1. The second-order valence-electron chi connectivity index (χ2n) is 9.05. The summed E-state index contributed by atoms with van der Waals surface area (Å²) in [5, 5.41) is 1.07. The Kier molecular flexibility index (Phi) is 6.44. The van der Waals surface area contributed by atoms with Crippen molar-refractivity contribution < 1.29 is 19.1 Å². The Balaban J connectivity index is 1.17. The average Bonchev–Trinajstić information content (AvgIpc) is 3.48. The number of carbonyl (C=O) groups is 3. The van der Waals surface area contributed by atoms with Gasteiger partial charge in [-0.15, -0.1) is 0 Å². The maximum absolute atomic E-state index is 13.2. The number of amides is 3. The fraction of sp³-hybridized carbons (Fsp3) is 0.370. The molecule has 1 atom stereocenters. The molecule has 2 aliphatic heterocycles. The zero-order chi connectivity index (χ0) is 24.4. The lowest BCUT2D eigenvalue weighted by molar-refractivity contribution is -0.141. The molecule has 0 saturated carbocycles. The molecule has 3 aromatic rings. The molecular weight excluding hydrogens is 444 g/mol. The number of nitrogens with zero attached hydrogens (tertiary/aromatic N) is 3. The van der Waals surface area contributed by atoms with Crippen molar-refractivity contribution >= 4 is 34.3 Å². The normalized spacial score (nSPS) is 18.4. The molecule has 0 radical (unpaired) electrons. The molecule has 1 unspecified atom stereocenters. The van der Waals surface area contributed by atoms with Crippen molar-refractivity contribution in [1.82, 2.24) is 14.8 Å². The third-order valence-electron chi connectivity index (χ3n) is 6.89. The molecule has 8 heteroatoms. The van der Waals surface area contributed by atoms with Crippen LogP contribution < -0.4 is 9.64 Å². The van der Waals surface area contributed by atoms with E-state index in [2.05, 4.69) is 4.98 Å². The Bertz CT molecular complexity index is 1240. The zero-order valence-electron chi connectivity index (χ0n) is 19.9. The van der Waals surface area contributed by atoms with Gasteiger partial charge in [0.2, 0.25) is 17.7 Å². The highest BCUT2D eigenvalue weighted by atomic mass is 16.5. The molecule has 2 saturated heterocycles. The summed E-state index contributed by atoms with van der Waals surface area (Å²) < 4.78 is 5.68. The largest absolute Gasteiger partial charge is 0.492 e. The first-order chi connectivity index (χ1) is 17.0. The summed E-state index contributed by atoms with van der Waals surface area (Å²) in [7, 11) is 0. The summed E-state index contributed by atoms with van der Waals surface area (Å²) in [6.45, 7) is 4.73. The van der Waals surface area contributed by atoms with Gasteiger partial charge in [0.1, 0.15) is 5.75 Å². The molecule has 182 valence electrons. The smallest absolute Gasteiger partial charge is 0.228 e. The third-order valence-corrected chi connectivity index (χ3v) is 6.89. The number of aromatic amines is 1. The van der Waals surface area contributed by atoms with E-state index in [1.54, 1.807) is 9.80 Å². The second-order valence-corrected chi connectivity index (χ2v) is 9.05. The number of ether oxygens (including phenoxy) is 1. The summed E-state index contributed by atoms with van der Waals surface area (Å²) >= 11 is 0. The minimum Gasteiger partial charge on any atom is -0.492 e. The number of para-hydroxylation sites is 3. The lowest BCUT2D eigenvalue weighted by Gasteiger charge is -2.36. The molecule has 2 aromatic carbocycles. The van der Waals surface area contributed by atoms with Crippen molar-refractivity contribution in [2.24, 2.45) is 5.92 Å². The lowest BCUT2D eigenvalue weighted by atomic mass is 10.1. The van der Waals surface area contributed by atoms with Crippen molar-refractivity contribution in [2.45, 2.75) is 19.8 Å². The number of H-pyrrole nitrogens is 1. The molecule has 0 spiro atoms. The van der Waals surface area contributed by atoms with Gasteiger partial charge in [-0.2, -0.15) is 0 Å². The van der Waals surface area contributed by atoms with E-state index in [-0.39, 0.29) is 30.1 Å². The van der Waals surface area contributed by atoms with Gasteiger partial charge < -0.3 is 24.4 Å². The topological polar surface area (TPSA) is 85.9 Å². The molecule has 8 nitrogen and oxygen atoms in total. The predicted octanol–water partition coefficient (Wildman–Crippen LogP) is 2.83. The van der Waals surface area contributed by atoms with Gasteiger partial charge in [-0.05, 0) is 30.7 Å². The number of fused-ring (bicyclic) bond motifs is 1. The molecule has 35 heavy (non-hydrogen) atoms. The standard InChI is InChI=1S/C27H30N4O4/c1-2-35-24-10-6-5-9-23(24)31-18-20(16-26(31)33)27(34)30-13-11-29(12-14-30)25(32)15-19-17-28-22-8-4-3-7-21(19)22/h3-10,17,20,28H,2,11-16,18H2,1H3. The second kappa shape index (κ2) is 9.82. The van der Waals surface area contributed by atoms with Crippen molar-refractivity contribution in [2.75, 3.05) is 44.2 Å². The van der Waals surface area contributed by atoms with Crippen LogP contribution in [0.15, 0.2) is 54.7 Å². The first-order valence-corrected chi connectivity index (χ1v) is 12.2. The highest BCUT2D eigenvalue weighted by Gasteiger charge is 2.39. The Labute approximate surface area is 204 Å². The van der Waals surface area contributed by atoms with Gasteiger partial charge >= 0.3 is 0 Å². The number of hydrogen-bond acceptors (Lipinski definition) is 4. The van der Waals surface area contributed by atoms with E-state index in [1.807, 2.05) is 66.6 Å². The van der Waals surface area contributed by atoms with Gasteiger partial charge in [0, 0.05) is 56.2 Å². The van der Waals surface area contributed by atoms with Gasteiger partial charge in [-0.25, -0.2) is 0 Å². The fourth-order valence-electron chi connectivity index (χ4n) is 5.05. The molecule has 1 aromatic heterocycles. The predicted molar refractivity (Wildman–Crippen MR) is 133 cm³/mol. The van der Waals surface area contributed by atoms with Crippen LogP contribution >= 0.6 is 0 Å². The van der Waals surface area contributed by atoms with Crippen molar-refractivity contribution in [1.29, 1.82) is 0 Å². The SMILES string of the molecule is CCOc1ccccc1N1CC(C(=O)N2CCN(C(=O)Cc3c[nH]c4ccccc34)CC2)CC1=O. The monoisotopic (exact) mass is 474 g/mol. The maximum atomic E-state index is 13.2. The molecule has 2 aliphatic rings. The van der Waals surface area contributed by atoms with Crippen LogP contribution in [0.25, 0.3) is 10.9 Å². The summed E-state index contributed by atoms with van der Waals surface area (Å²) in [6, 6.07) is 15.4. The van der Waals surface area contributed by atoms with Crippen LogP contribution in [-0.2, 0) is 20.8 Å². The van der Waals surface area contributed by atoms with Gasteiger partial charge in [0.15, 0.2) is 0 Å². The van der Waals surface area contributed by atoms with E-state index in [9.17, 15) is 14.4 Å². The molecule has 3 amide bonds. The Morgan fingerprint density at radius 3 is 2.51 bits per heavy atom. The fourth-order valence-corrected chi connectivity index (χ4v) is 5.05.